The fraction of sp³-hybridized carbons (Fsp3) is 0.222. The van der Waals surface area contributed by atoms with Gasteiger partial charge in [-0.25, -0.2) is 4.57 Å². The van der Waals surface area contributed by atoms with Crippen LogP contribution in [0.2, 0.25) is 0 Å². The molecule has 1 heteroatoms. The minimum absolute atomic E-state index is 1.24. The zero-order valence-electron chi connectivity index (χ0n) is 6.41. The summed E-state index contributed by atoms with van der Waals surface area (Å²) in [5, 5.41) is 0. The summed E-state index contributed by atoms with van der Waals surface area (Å²) in [4.78, 5) is 0. The Balaban J connectivity index is 2.95. The Morgan fingerprint density at radius 1 is 1.50 bits per heavy atom. The first-order valence-electron chi connectivity index (χ1n) is 3.41. The number of aromatic nitrogens is 1. The van der Waals surface area contributed by atoms with Gasteiger partial charge in [-0.05, 0) is 13.0 Å². The third kappa shape index (κ3) is 1.69. The second-order valence-electron chi connectivity index (χ2n) is 2.30. The molecule has 0 N–H and O–H groups in total. The van der Waals surface area contributed by atoms with Crippen molar-refractivity contribution < 1.29 is 4.57 Å². The lowest BCUT2D eigenvalue weighted by Crippen LogP contribution is -2.26. The van der Waals surface area contributed by atoms with E-state index in [0.29, 0.717) is 0 Å². The van der Waals surface area contributed by atoms with Gasteiger partial charge in [0, 0.05) is 11.6 Å². The molecule has 1 aromatic rings. The lowest BCUT2D eigenvalue weighted by molar-refractivity contribution is -0.671. The molecule has 0 atom stereocenters. The molecule has 0 saturated heterocycles. The van der Waals surface area contributed by atoms with E-state index in [1.807, 2.05) is 36.9 Å². The Labute approximate surface area is 61.6 Å². The Kier molecular flexibility index (Phi) is 2.21. The van der Waals surface area contributed by atoms with Crippen molar-refractivity contribution in [2.45, 2.75) is 6.92 Å². The Morgan fingerprint density at radius 3 is 2.90 bits per heavy atom. The van der Waals surface area contributed by atoms with E-state index in [1.165, 1.54) is 5.56 Å². The second kappa shape index (κ2) is 3.16. The second-order valence-corrected chi connectivity index (χ2v) is 2.30. The van der Waals surface area contributed by atoms with Crippen molar-refractivity contribution in [2.24, 2.45) is 7.05 Å². The summed E-state index contributed by atoms with van der Waals surface area (Å²) in [7, 11) is 2.02. The maximum atomic E-state index is 2.08. The van der Waals surface area contributed by atoms with E-state index < -0.39 is 0 Å². The number of nitrogens with zero attached hydrogens (tertiary/aromatic N) is 1. The molecule has 0 fully saturated rings. The molecule has 0 aromatic carbocycles. The van der Waals surface area contributed by atoms with Crippen molar-refractivity contribution in [1.29, 1.82) is 0 Å². The van der Waals surface area contributed by atoms with Gasteiger partial charge in [0.15, 0.2) is 12.4 Å². The lowest BCUT2D eigenvalue weighted by Gasteiger charge is -1.88. The highest BCUT2D eigenvalue weighted by Gasteiger charge is 1.90. The summed E-state index contributed by atoms with van der Waals surface area (Å²) in [6.45, 7) is 2.02. The van der Waals surface area contributed by atoms with Gasteiger partial charge < -0.3 is 0 Å². The van der Waals surface area contributed by atoms with Gasteiger partial charge in [0.1, 0.15) is 7.05 Å². The van der Waals surface area contributed by atoms with Gasteiger partial charge in [0.05, 0.1) is 0 Å². The van der Waals surface area contributed by atoms with Crippen LogP contribution in [0.4, 0.5) is 0 Å². The first kappa shape index (κ1) is 7.00. The van der Waals surface area contributed by atoms with Gasteiger partial charge in [0.2, 0.25) is 0 Å². The molecule has 1 nitrogen and oxygen atoms in total. The van der Waals surface area contributed by atoms with E-state index in [1.54, 1.807) is 0 Å². The van der Waals surface area contributed by atoms with Crippen LogP contribution in [-0.4, -0.2) is 0 Å². The van der Waals surface area contributed by atoms with Crippen LogP contribution >= 0.6 is 0 Å². The molecule has 0 bridgehead atoms. The van der Waals surface area contributed by atoms with Crippen LogP contribution in [0.15, 0.2) is 30.6 Å². The zero-order chi connectivity index (χ0) is 7.40. The maximum Gasteiger partial charge on any atom is 0.175 e. The normalized spacial score (nSPS) is 10.6. The Morgan fingerprint density at radius 2 is 2.30 bits per heavy atom. The largest absolute Gasteiger partial charge is 0.207 e. The van der Waals surface area contributed by atoms with E-state index in [4.69, 9.17) is 0 Å². The minimum Gasteiger partial charge on any atom is -0.207 e. The van der Waals surface area contributed by atoms with Crippen LogP contribution in [0.5, 0.6) is 0 Å². The van der Waals surface area contributed by atoms with E-state index in [-0.39, 0.29) is 0 Å². The van der Waals surface area contributed by atoms with Crippen molar-refractivity contribution in [1.82, 2.24) is 0 Å². The van der Waals surface area contributed by atoms with Crippen molar-refractivity contribution in [3.8, 4) is 0 Å². The highest BCUT2D eigenvalue weighted by atomic mass is 14.9. The monoisotopic (exact) mass is 134 g/mol. The summed E-state index contributed by atoms with van der Waals surface area (Å²) in [6, 6.07) is 4.12. The summed E-state index contributed by atoms with van der Waals surface area (Å²) in [5.41, 5.74) is 1.24. The standard InChI is InChI=1S/C9H12N/c1-3-5-9-6-4-7-10(2)8-9/h3-8H,1-2H3/q+1/b5-3+. The summed E-state index contributed by atoms with van der Waals surface area (Å²) in [6.07, 6.45) is 8.22. The molecule has 0 radical (unpaired) electrons. The number of allylic oxidation sites excluding steroid dienone is 1. The molecule has 1 heterocycles. The van der Waals surface area contributed by atoms with Crippen molar-refractivity contribution in [3.63, 3.8) is 0 Å². The number of aryl methyl sites for hydroxylation is 1. The van der Waals surface area contributed by atoms with Gasteiger partial charge >= 0.3 is 0 Å². The molecular weight excluding hydrogens is 122 g/mol. The van der Waals surface area contributed by atoms with Crippen LogP contribution in [-0.2, 0) is 7.05 Å². The van der Waals surface area contributed by atoms with Crippen molar-refractivity contribution in [3.05, 3.63) is 36.2 Å². The van der Waals surface area contributed by atoms with Gasteiger partial charge in [-0.1, -0.05) is 12.2 Å². The van der Waals surface area contributed by atoms with Crippen LogP contribution in [0.3, 0.4) is 0 Å². The molecule has 0 saturated carbocycles. The van der Waals surface area contributed by atoms with E-state index in [0.717, 1.165) is 0 Å². The van der Waals surface area contributed by atoms with Gasteiger partial charge in [-0.3, -0.25) is 0 Å². The first-order valence-corrected chi connectivity index (χ1v) is 3.41. The van der Waals surface area contributed by atoms with Gasteiger partial charge in [-0.2, -0.15) is 0 Å². The SMILES string of the molecule is C/C=C/c1ccc[n+](C)c1. The smallest absolute Gasteiger partial charge is 0.175 e. The molecule has 0 unspecified atom stereocenters. The fourth-order valence-electron chi connectivity index (χ4n) is 0.902. The molecule has 1 rings (SSSR count). The predicted molar refractivity (Wildman–Crippen MR) is 42.3 cm³/mol. The van der Waals surface area contributed by atoms with Crippen LogP contribution in [0, 0.1) is 0 Å². The lowest BCUT2D eigenvalue weighted by atomic mass is 10.3. The highest BCUT2D eigenvalue weighted by Crippen LogP contribution is 1.95. The quantitative estimate of drug-likeness (QED) is 0.513. The summed E-state index contributed by atoms with van der Waals surface area (Å²) < 4.78 is 2.04. The molecular formula is C9H12N+. The summed E-state index contributed by atoms with van der Waals surface area (Å²) >= 11 is 0. The van der Waals surface area contributed by atoms with Gasteiger partial charge in [0.25, 0.3) is 0 Å². The Bertz CT molecular complexity index is 238. The zero-order valence-corrected chi connectivity index (χ0v) is 6.41. The first-order chi connectivity index (χ1) is 4.83. The minimum atomic E-state index is 1.24. The molecule has 0 aliphatic rings. The molecule has 10 heavy (non-hydrogen) atoms. The van der Waals surface area contributed by atoms with Crippen molar-refractivity contribution in [2.75, 3.05) is 0 Å². The third-order valence-electron chi connectivity index (χ3n) is 1.32. The molecule has 0 aliphatic carbocycles. The maximum absolute atomic E-state index is 2.08. The number of hydrogen-bond acceptors (Lipinski definition) is 0. The highest BCUT2D eigenvalue weighted by molar-refractivity contribution is 5.45. The third-order valence-corrected chi connectivity index (χ3v) is 1.32. The molecule has 52 valence electrons. The van der Waals surface area contributed by atoms with Crippen LogP contribution in [0.25, 0.3) is 6.08 Å². The topological polar surface area (TPSA) is 3.88 Å². The number of hydrogen-bond donors (Lipinski definition) is 0. The van der Waals surface area contributed by atoms with E-state index >= 15 is 0 Å². The molecule has 0 amide bonds. The van der Waals surface area contributed by atoms with Crippen LogP contribution in [0.1, 0.15) is 12.5 Å². The average molecular weight is 134 g/mol. The molecule has 0 aliphatic heterocycles. The molecule has 0 spiro atoms. The van der Waals surface area contributed by atoms with Gasteiger partial charge in [-0.15, -0.1) is 0 Å². The molecule has 1 aromatic heterocycles. The van der Waals surface area contributed by atoms with Crippen molar-refractivity contribution >= 4 is 6.08 Å². The van der Waals surface area contributed by atoms with E-state index in [2.05, 4.69) is 18.3 Å². The average Bonchev–Trinajstić information content (AvgIpc) is 1.88. The predicted octanol–water partition coefficient (Wildman–Crippen LogP) is 1.54. The summed E-state index contributed by atoms with van der Waals surface area (Å²) in [5.74, 6) is 0. The fourth-order valence-corrected chi connectivity index (χ4v) is 0.902. The Hall–Kier alpha value is -1.11. The van der Waals surface area contributed by atoms with E-state index in [9.17, 15) is 0 Å². The number of rotatable bonds is 1. The van der Waals surface area contributed by atoms with Crippen LogP contribution < -0.4 is 4.57 Å². The number of pyridine rings is 1.